The molecule has 7 heteroatoms. The Morgan fingerprint density at radius 3 is 2.91 bits per heavy atom. The molecule has 2 fully saturated rings. The highest BCUT2D eigenvalue weighted by Gasteiger charge is 2.55. The van der Waals surface area contributed by atoms with Crippen molar-refractivity contribution in [3.8, 4) is 11.4 Å². The molecule has 0 bridgehead atoms. The SMILES string of the molecule is O=C(O)[C@@]12CCC[C@H]1CN(c1nccc(-c3cnccn3)n1)C2. The van der Waals surface area contributed by atoms with Crippen LogP contribution in [0.5, 0.6) is 0 Å². The van der Waals surface area contributed by atoms with E-state index in [1.54, 1.807) is 30.9 Å². The average Bonchev–Trinajstić information content (AvgIpc) is 3.14. The largest absolute Gasteiger partial charge is 0.481 e. The molecule has 4 rings (SSSR count). The lowest BCUT2D eigenvalue weighted by Crippen LogP contribution is -2.36. The molecule has 1 N–H and O–H groups in total. The number of anilines is 1. The van der Waals surface area contributed by atoms with Crippen molar-refractivity contribution in [1.82, 2.24) is 19.9 Å². The minimum absolute atomic E-state index is 0.184. The van der Waals surface area contributed by atoms with Gasteiger partial charge < -0.3 is 10.0 Å². The Labute approximate surface area is 133 Å². The second-order valence-corrected chi connectivity index (χ2v) is 6.26. The minimum Gasteiger partial charge on any atom is -0.481 e. The van der Waals surface area contributed by atoms with Gasteiger partial charge in [-0.15, -0.1) is 0 Å². The van der Waals surface area contributed by atoms with Crippen LogP contribution in [0.1, 0.15) is 19.3 Å². The van der Waals surface area contributed by atoms with Gasteiger partial charge in [0, 0.05) is 31.7 Å². The Bertz CT molecular complexity index is 738. The molecule has 2 atom stereocenters. The number of hydrogen-bond donors (Lipinski definition) is 1. The van der Waals surface area contributed by atoms with Gasteiger partial charge in [0.2, 0.25) is 5.95 Å². The molecule has 2 aromatic heterocycles. The third-order valence-electron chi connectivity index (χ3n) is 5.05. The van der Waals surface area contributed by atoms with Crippen molar-refractivity contribution in [3.05, 3.63) is 30.9 Å². The molecule has 3 heterocycles. The van der Waals surface area contributed by atoms with Gasteiger partial charge >= 0.3 is 5.97 Å². The summed E-state index contributed by atoms with van der Waals surface area (Å²) < 4.78 is 0. The maximum Gasteiger partial charge on any atom is 0.311 e. The van der Waals surface area contributed by atoms with Crippen LogP contribution < -0.4 is 4.90 Å². The number of nitrogens with zero attached hydrogens (tertiary/aromatic N) is 5. The van der Waals surface area contributed by atoms with Crippen molar-refractivity contribution in [2.24, 2.45) is 11.3 Å². The van der Waals surface area contributed by atoms with E-state index in [0.717, 1.165) is 19.3 Å². The fourth-order valence-electron chi connectivity index (χ4n) is 3.87. The molecule has 118 valence electrons. The van der Waals surface area contributed by atoms with Crippen LogP contribution in [0, 0.1) is 11.3 Å². The lowest BCUT2D eigenvalue weighted by Gasteiger charge is -2.23. The van der Waals surface area contributed by atoms with Gasteiger partial charge in [0.05, 0.1) is 17.3 Å². The van der Waals surface area contributed by atoms with Crippen LogP contribution in [-0.2, 0) is 4.79 Å². The lowest BCUT2D eigenvalue weighted by molar-refractivity contribution is -0.149. The normalized spacial score (nSPS) is 26.3. The van der Waals surface area contributed by atoms with Gasteiger partial charge in [-0.1, -0.05) is 6.42 Å². The van der Waals surface area contributed by atoms with E-state index in [1.807, 2.05) is 4.90 Å². The predicted octanol–water partition coefficient (Wildman–Crippen LogP) is 1.62. The third kappa shape index (κ3) is 2.23. The van der Waals surface area contributed by atoms with Crippen molar-refractivity contribution in [2.75, 3.05) is 18.0 Å². The maximum atomic E-state index is 11.8. The molecule has 0 radical (unpaired) electrons. The quantitative estimate of drug-likeness (QED) is 0.920. The maximum absolute atomic E-state index is 11.8. The minimum atomic E-state index is -0.687. The van der Waals surface area contributed by atoms with E-state index in [0.29, 0.717) is 30.4 Å². The molecule has 23 heavy (non-hydrogen) atoms. The molecule has 2 aliphatic rings. The Balaban J connectivity index is 1.64. The first-order chi connectivity index (χ1) is 11.2. The van der Waals surface area contributed by atoms with Gasteiger partial charge in [-0.3, -0.25) is 14.8 Å². The topological polar surface area (TPSA) is 92.1 Å². The zero-order chi connectivity index (χ0) is 15.9. The van der Waals surface area contributed by atoms with Gasteiger partial charge in [0.1, 0.15) is 5.69 Å². The zero-order valence-electron chi connectivity index (χ0n) is 12.6. The van der Waals surface area contributed by atoms with Crippen molar-refractivity contribution < 1.29 is 9.90 Å². The molecule has 0 spiro atoms. The van der Waals surface area contributed by atoms with E-state index >= 15 is 0 Å². The highest BCUT2D eigenvalue weighted by molar-refractivity contribution is 5.77. The number of hydrogen-bond acceptors (Lipinski definition) is 6. The van der Waals surface area contributed by atoms with Gasteiger partial charge in [0.25, 0.3) is 0 Å². The predicted molar refractivity (Wildman–Crippen MR) is 82.7 cm³/mol. The number of rotatable bonds is 3. The van der Waals surface area contributed by atoms with Crippen LogP contribution >= 0.6 is 0 Å². The summed E-state index contributed by atoms with van der Waals surface area (Å²) in [4.78, 5) is 31.0. The number of aliphatic carboxylic acids is 1. The first-order valence-corrected chi connectivity index (χ1v) is 7.77. The Morgan fingerprint density at radius 2 is 2.17 bits per heavy atom. The molecule has 2 aromatic rings. The molecule has 1 aliphatic heterocycles. The fourth-order valence-corrected chi connectivity index (χ4v) is 3.87. The van der Waals surface area contributed by atoms with Gasteiger partial charge in [0.15, 0.2) is 0 Å². The van der Waals surface area contributed by atoms with Crippen LogP contribution in [0.4, 0.5) is 5.95 Å². The van der Waals surface area contributed by atoms with E-state index < -0.39 is 11.4 Å². The fraction of sp³-hybridized carbons (Fsp3) is 0.438. The molecule has 1 aliphatic carbocycles. The van der Waals surface area contributed by atoms with Crippen molar-refractivity contribution in [3.63, 3.8) is 0 Å². The van der Waals surface area contributed by atoms with Crippen LogP contribution in [0.2, 0.25) is 0 Å². The summed E-state index contributed by atoms with van der Waals surface area (Å²) in [6.07, 6.45) is 9.28. The summed E-state index contributed by atoms with van der Waals surface area (Å²) >= 11 is 0. The Morgan fingerprint density at radius 1 is 1.26 bits per heavy atom. The van der Waals surface area contributed by atoms with Crippen molar-refractivity contribution in [1.29, 1.82) is 0 Å². The van der Waals surface area contributed by atoms with Crippen molar-refractivity contribution in [2.45, 2.75) is 19.3 Å². The molecule has 1 saturated heterocycles. The summed E-state index contributed by atoms with van der Waals surface area (Å²) in [5.41, 5.74) is 0.749. The van der Waals surface area contributed by atoms with Crippen LogP contribution in [-0.4, -0.2) is 44.1 Å². The molecular weight excluding hydrogens is 294 g/mol. The highest BCUT2D eigenvalue weighted by atomic mass is 16.4. The van der Waals surface area contributed by atoms with Crippen molar-refractivity contribution >= 4 is 11.9 Å². The smallest absolute Gasteiger partial charge is 0.311 e. The van der Waals surface area contributed by atoms with Crippen LogP contribution in [0.15, 0.2) is 30.9 Å². The van der Waals surface area contributed by atoms with E-state index in [2.05, 4.69) is 19.9 Å². The highest BCUT2D eigenvalue weighted by Crippen LogP contribution is 2.49. The van der Waals surface area contributed by atoms with E-state index in [-0.39, 0.29) is 5.92 Å². The third-order valence-corrected chi connectivity index (χ3v) is 5.05. The molecule has 0 amide bonds. The monoisotopic (exact) mass is 311 g/mol. The van der Waals surface area contributed by atoms with Crippen LogP contribution in [0.25, 0.3) is 11.4 Å². The summed E-state index contributed by atoms with van der Waals surface area (Å²) in [6, 6.07) is 1.79. The van der Waals surface area contributed by atoms with E-state index in [9.17, 15) is 9.90 Å². The van der Waals surface area contributed by atoms with E-state index in [4.69, 9.17) is 0 Å². The molecule has 0 unspecified atom stereocenters. The molecular formula is C16H17N5O2. The van der Waals surface area contributed by atoms with Crippen LogP contribution in [0.3, 0.4) is 0 Å². The van der Waals surface area contributed by atoms with Gasteiger partial charge in [-0.25, -0.2) is 9.97 Å². The summed E-state index contributed by atoms with van der Waals surface area (Å²) in [6.45, 7) is 1.19. The first kappa shape index (κ1) is 14.0. The number of carbonyl (C=O) groups is 1. The summed E-state index contributed by atoms with van der Waals surface area (Å²) in [5.74, 6) is 0.0690. The lowest BCUT2D eigenvalue weighted by atomic mass is 9.81. The average molecular weight is 311 g/mol. The molecule has 1 saturated carbocycles. The zero-order valence-corrected chi connectivity index (χ0v) is 12.6. The van der Waals surface area contributed by atoms with Gasteiger partial charge in [-0.2, -0.15) is 0 Å². The number of carboxylic acids is 1. The number of aromatic nitrogens is 4. The van der Waals surface area contributed by atoms with Gasteiger partial charge in [-0.05, 0) is 24.8 Å². The summed E-state index contributed by atoms with van der Waals surface area (Å²) in [5, 5.41) is 9.69. The Hall–Kier alpha value is -2.57. The molecule has 7 nitrogen and oxygen atoms in total. The second kappa shape index (κ2) is 5.26. The first-order valence-electron chi connectivity index (χ1n) is 7.77. The molecule has 0 aromatic carbocycles. The second-order valence-electron chi connectivity index (χ2n) is 6.26. The number of fused-ring (bicyclic) bond motifs is 1. The summed E-state index contributed by atoms with van der Waals surface area (Å²) in [7, 11) is 0. The Kier molecular flexibility index (Phi) is 3.21. The standard InChI is InChI=1S/C16H17N5O2/c22-14(23)16-4-1-2-11(16)9-21(10-16)15-19-5-3-12(20-15)13-8-17-6-7-18-13/h3,5-8,11H,1-2,4,9-10H2,(H,22,23)/t11-,16+/m0/s1. The number of carboxylic acid groups (broad SMARTS) is 1. The van der Waals surface area contributed by atoms with E-state index in [1.165, 1.54) is 0 Å².